The van der Waals surface area contributed by atoms with Crippen LogP contribution in [0.25, 0.3) is 5.70 Å². The maximum atomic E-state index is 13.5. The lowest BCUT2D eigenvalue weighted by Crippen LogP contribution is -2.23. The molecule has 0 radical (unpaired) electrons. The summed E-state index contributed by atoms with van der Waals surface area (Å²) < 4.78 is 37.2. The number of methoxy groups -OCH3 is 1. The Hall–Kier alpha value is -4.49. The Morgan fingerprint density at radius 3 is 2.37 bits per heavy atom. The second-order valence-electron chi connectivity index (χ2n) is 7.97. The number of hydrogen-bond donors (Lipinski definition) is 3. The number of anilines is 1. The summed E-state index contributed by atoms with van der Waals surface area (Å²) in [6.45, 7) is 1.58. The molecule has 5 N–H and O–H groups in total. The van der Waals surface area contributed by atoms with Gasteiger partial charge in [0.15, 0.2) is 11.5 Å². The van der Waals surface area contributed by atoms with Gasteiger partial charge in [-0.3, -0.25) is 4.79 Å². The van der Waals surface area contributed by atoms with Crippen molar-refractivity contribution in [3.63, 3.8) is 0 Å². The third-order valence-electron chi connectivity index (χ3n) is 5.57. The van der Waals surface area contributed by atoms with Crippen molar-refractivity contribution in [2.45, 2.75) is 18.2 Å². The summed E-state index contributed by atoms with van der Waals surface area (Å²) >= 11 is 1.51. The Morgan fingerprint density at radius 1 is 1.05 bits per heavy atom. The van der Waals surface area contributed by atoms with E-state index in [2.05, 4.69) is 5.32 Å². The van der Waals surface area contributed by atoms with Gasteiger partial charge in [0.2, 0.25) is 5.88 Å². The van der Waals surface area contributed by atoms with Crippen LogP contribution >= 0.6 is 11.8 Å². The highest BCUT2D eigenvalue weighted by molar-refractivity contribution is 7.98. The van der Waals surface area contributed by atoms with E-state index in [1.807, 2.05) is 18.4 Å². The average molecular weight is 537 g/mol. The average Bonchev–Trinajstić information content (AvgIpc) is 2.92. The van der Waals surface area contributed by atoms with Crippen molar-refractivity contribution in [3.05, 3.63) is 100 Å². The largest absolute Gasteiger partial charge is 0.493 e. The van der Waals surface area contributed by atoms with E-state index in [1.54, 1.807) is 25.1 Å². The zero-order valence-electron chi connectivity index (χ0n) is 20.9. The van der Waals surface area contributed by atoms with Crippen LogP contribution in [-0.4, -0.2) is 19.3 Å². The molecule has 0 bridgehead atoms. The van der Waals surface area contributed by atoms with Crippen molar-refractivity contribution in [2.24, 2.45) is 11.5 Å². The molecule has 0 fully saturated rings. The second-order valence-corrected chi connectivity index (χ2v) is 8.85. The Kier molecular flexibility index (Phi) is 9.35. The summed E-state index contributed by atoms with van der Waals surface area (Å²) in [6, 6.07) is 19.1. The number of carbonyl (C=O) groups is 1. The monoisotopic (exact) mass is 536 g/mol. The van der Waals surface area contributed by atoms with Crippen molar-refractivity contribution in [1.82, 2.24) is 0 Å². The number of nitrogens with zero attached hydrogens (tertiary/aromatic N) is 1. The number of alkyl halides is 2. The second kappa shape index (κ2) is 12.7. The molecular formula is C28H26F2N4O3S. The van der Waals surface area contributed by atoms with Crippen molar-refractivity contribution in [2.75, 3.05) is 18.7 Å². The summed E-state index contributed by atoms with van der Waals surface area (Å²) in [7, 11) is 1.40. The molecule has 3 aromatic rings. The topological polar surface area (TPSA) is 123 Å². The van der Waals surface area contributed by atoms with E-state index >= 15 is 0 Å². The zero-order chi connectivity index (χ0) is 27.8. The summed E-state index contributed by atoms with van der Waals surface area (Å²) in [6.07, 6.45) is -0.712. The molecule has 0 aliphatic rings. The highest BCUT2D eigenvalue weighted by Gasteiger charge is 2.22. The number of nitrogens with two attached hydrogens (primary N) is 2. The minimum atomic E-state index is -2.62. The van der Waals surface area contributed by atoms with E-state index in [-0.39, 0.29) is 39.8 Å². The van der Waals surface area contributed by atoms with Crippen molar-refractivity contribution in [3.8, 4) is 17.6 Å². The van der Waals surface area contributed by atoms with Crippen LogP contribution in [0.2, 0.25) is 0 Å². The number of amides is 1. The number of rotatable bonds is 9. The molecule has 3 aromatic carbocycles. The molecule has 7 nitrogen and oxygen atoms in total. The summed E-state index contributed by atoms with van der Waals surface area (Å²) in [5.74, 6) is -0.475. The summed E-state index contributed by atoms with van der Waals surface area (Å²) in [5.41, 5.74) is 14.2. The molecule has 0 atom stereocenters. The molecule has 10 heteroatoms. The Balaban J connectivity index is 2.09. The van der Waals surface area contributed by atoms with Gasteiger partial charge in [-0.25, -0.2) is 8.78 Å². The van der Waals surface area contributed by atoms with E-state index in [0.717, 1.165) is 4.90 Å². The predicted molar refractivity (Wildman–Crippen MR) is 145 cm³/mol. The van der Waals surface area contributed by atoms with Gasteiger partial charge in [-0.15, -0.1) is 11.8 Å². The fourth-order valence-corrected chi connectivity index (χ4v) is 3.97. The van der Waals surface area contributed by atoms with Gasteiger partial charge >= 0.3 is 0 Å². The standard InChI is InChI=1S/C28H26F2N4O3S/c1-16(25(32)18-8-10-19(11-9-18)26(29)30)24(28(35)34-20-5-4-6-21(14-20)38-3)27(33)37-22-12-7-17(15-31)13-23(22)36-2/h4-14,26H,32-33H2,1-3H3,(H,34,35)/b25-16-,27-24-. The fourth-order valence-electron chi connectivity index (χ4n) is 3.51. The molecular weight excluding hydrogens is 510 g/mol. The molecule has 38 heavy (non-hydrogen) atoms. The van der Waals surface area contributed by atoms with Gasteiger partial charge in [-0.2, -0.15) is 5.26 Å². The van der Waals surface area contributed by atoms with Gasteiger partial charge < -0.3 is 26.3 Å². The zero-order valence-corrected chi connectivity index (χ0v) is 21.7. The maximum absolute atomic E-state index is 13.5. The lowest BCUT2D eigenvalue weighted by molar-refractivity contribution is -0.112. The molecule has 0 saturated carbocycles. The Labute approximate surface area is 223 Å². The first-order valence-corrected chi connectivity index (χ1v) is 12.5. The Morgan fingerprint density at radius 2 is 1.76 bits per heavy atom. The minimum absolute atomic E-state index is 0.0681. The van der Waals surface area contributed by atoms with Gasteiger partial charge in [0.05, 0.1) is 18.7 Å². The van der Waals surface area contributed by atoms with Crippen LogP contribution < -0.4 is 26.3 Å². The number of nitrogens with one attached hydrogen (secondary N) is 1. The Bertz CT molecular complexity index is 1430. The lowest BCUT2D eigenvalue weighted by Gasteiger charge is -2.17. The SMILES string of the molecule is COc1cc(C#N)ccc1O/C(N)=C(C(=O)Nc1cccc(SC)c1)/C(C)=C(\N)c1ccc(C(F)F)cc1. The molecule has 0 aromatic heterocycles. The van der Waals surface area contributed by atoms with Gasteiger partial charge in [0.25, 0.3) is 12.3 Å². The summed E-state index contributed by atoms with van der Waals surface area (Å²) in [5, 5.41) is 12.0. The van der Waals surface area contributed by atoms with Crippen LogP contribution in [0.5, 0.6) is 11.5 Å². The van der Waals surface area contributed by atoms with Gasteiger partial charge in [-0.1, -0.05) is 30.3 Å². The van der Waals surface area contributed by atoms with E-state index in [1.165, 1.54) is 61.3 Å². The number of halogens is 2. The van der Waals surface area contributed by atoms with Gasteiger partial charge in [0.1, 0.15) is 5.57 Å². The molecule has 0 spiro atoms. The molecule has 1 amide bonds. The fraction of sp³-hybridized carbons (Fsp3) is 0.143. The highest BCUT2D eigenvalue weighted by Crippen LogP contribution is 2.31. The number of nitriles is 1. The van der Waals surface area contributed by atoms with Crippen LogP contribution in [0.1, 0.15) is 30.0 Å². The highest BCUT2D eigenvalue weighted by atomic mass is 32.2. The molecule has 3 rings (SSSR count). The van der Waals surface area contributed by atoms with Crippen LogP contribution in [0, 0.1) is 11.3 Å². The minimum Gasteiger partial charge on any atom is -0.493 e. The third kappa shape index (κ3) is 6.63. The molecule has 0 unspecified atom stereocenters. The van der Waals surface area contributed by atoms with E-state index < -0.39 is 12.3 Å². The van der Waals surface area contributed by atoms with Crippen LogP contribution in [-0.2, 0) is 4.79 Å². The van der Waals surface area contributed by atoms with E-state index in [9.17, 15) is 13.6 Å². The molecule has 0 aliphatic heterocycles. The van der Waals surface area contributed by atoms with E-state index in [0.29, 0.717) is 16.8 Å². The molecule has 0 aliphatic carbocycles. The smallest absolute Gasteiger partial charge is 0.263 e. The number of ether oxygens (including phenoxy) is 2. The van der Waals surface area contributed by atoms with E-state index in [4.69, 9.17) is 26.2 Å². The predicted octanol–water partition coefficient (Wildman–Crippen LogP) is 5.80. The van der Waals surface area contributed by atoms with Crippen molar-refractivity contribution < 1.29 is 23.0 Å². The van der Waals surface area contributed by atoms with Crippen LogP contribution in [0.4, 0.5) is 14.5 Å². The summed E-state index contributed by atoms with van der Waals surface area (Å²) in [4.78, 5) is 14.5. The number of hydrogen-bond acceptors (Lipinski definition) is 7. The quantitative estimate of drug-likeness (QED) is 0.137. The van der Waals surface area contributed by atoms with Gasteiger partial charge in [-0.05, 0) is 54.6 Å². The van der Waals surface area contributed by atoms with Crippen molar-refractivity contribution in [1.29, 1.82) is 5.26 Å². The lowest BCUT2D eigenvalue weighted by atomic mass is 9.99. The normalized spacial score (nSPS) is 12.2. The molecule has 0 heterocycles. The molecule has 0 saturated heterocycles. The number of carbonyl (C=O) groups excluding carboxylic acids is 1. The number of benzene rings is 3. The third-order valence-corrected chi connectivity index (χ3v) is 6.29. The first kappa shape index (κ1) is 28.1. The first-order valence-electron chi connectivity index (χ1n) is 11.2. The van der Waals surface area contributed by atoms with Gasteiger partial charge in [0, 0.05) is 27.9 Å². The maximum Gasteiger partial charge on any atom is 0.263 e. The number of thioether (sulfide) groups is 1. The van der Waals surface area contributed by atoms with Crippen molar-refractivity contribution >= 4 is 29.1 Å². The first-order chi connectivity index (χ1) is 18.2. The van der Waals surface area contributed by atoms with Crippen LogP contribution in [0.15, 0.2) is 88.7 Å². The molecule has 196 valence electrons. The van der Waals surface area contributed by atoms with Crippen LogP contribution in [0.3, 0.4) is 0 Å².